The maximum absolute atomic E-state index is 11.7. The summed E-state index contributed by atoms with van der Waals surface area (Å²) in [4.78, 5) is 11.7. The highest BCUT2D eigenvalue weighted by molar-refractivity contribution is 5.74. The Labute approximate surface area is 107 Å². The van der Waals surface area contributed by atoms with E-state index in [9.17, 15) is 4.79 Å². The molecule has 18 heavy (non-hydrogen) atoms. The Hall–Kier alpha value is -1.75. The molecule has 5 nitrogen and oxygen atoms in total. The number of carbonyl (C=O) groups is 1. The van der Waals surface area contributed by atoms with Crippen molar-refractivity contribution in [2.24, 2.45) is 0 Å². The molecule has 1 aromatic carbocycles. The molecule has 0 radical (unpaired) electrons. The number of rotatable bonds is 3. The highest BCUT2D eigenvalue weighted by atomic mass is 16.3. The van der Waals surface area contributed by atoms with Crippen LogP contribution in [0.3, 0.4) is 0 Å². The van der Waals surface area contributed by atoms with E-state index in [1.165, 1.54) is 0 Å². The van der Waals surface area contributed by atoms with Gasteiger partial charge in [0.2, 0.25) is 0 Å². The van der Waals surface area contributed by atoms with Crippen molar-refractivity contribution < 1.29 is 9.90 Å². The van der Waals surface area contributed by atoms with Crippen molar-refractivity contribution in [1.82, 2.24) is 16.0 Å². The maximum atomic E-state index is 11.7. The maximum Gasteiger partial charge on any atom is 0.315 e. The predicted octanol–water partition coefficient (Wildman–Crippen LogP) is 0.943. The molecule has 1 saturated heterocycles. The number of phenols is 1. The van der Waals surface area contributed by atoms with Gasteiger partial charge in [-0.05, 0) is 37.1 Å². The number of carbonyl (C=O) groups excluding carboxylic acids is 1. The molecular weight excluding hydrogens is 230 g/mol. The molecule has 1 heterocycles. The summed E-state index contributed by atoms with van der Waals surface area (Å²) < 4.78 is 0. The van der Waals surface area contributed by atoms with Crippen LogP contribution in [-0.2, 0) is 6.54 Å². The van der Waals surface area contributed by atoms with Crippen molar-refractivity contribution in [3.05, 3.63) is 29.8 Å². The van der Waals surface area contributed by atoms with E-state index in [1.807, 2.05) is 0 Å². The van der Waals surface area contributed by atoms with Crippen LogP contribution in [0.15, 0.2) is 24.3 Å². The largest absolute Gasteiger partial charge is 0.508 e. The Balaban J connectivity index is 1.72. The molecule has 4 N–H and O–H groups in total. The molecule has 1 atom stereocenters. The van der Waals surface area contributed by atoms with E-state index < -0.39 is 0 Å². The summed E-state index contributed by atoms with van der Waals surface area (Å²) in [6.45, 7) is 2.34. The monoisotopic (exact) mass is 249 g/mol. The predicted molar refractivity (Wildman–Crippen MR) is 69.4 cm³/mol. The SMILES string of the molecule is O=C(NCc1ccc(O)cc1)NC1CCCNC1. The van der Waals surface area contributed by atoms with E-state index in [4.69, 9.17) is 5.11 Å². The summed E-state index contributed by atoms with van der Waals surface area (Å²) in [5.41, 5.74) is 0.963. The molecule has 2 rings (SSSR count). The molecule has 5 heteroatoms. The summed E-state index contributed by atoms with van der Waals surface area (Å²) in [5.74, 6) is 0.233. The van der Waals surface area contributed by atoms with E-state index in [2.05, 4.69) is 16.0 Å². The second-order valence-electron chi connectivity index (χ2n) is 4.54. The summed E-state index contributed by atoms with van der Waals surface area (Å²) >= 11 is 0. The van der Waals surface area contributed by atoms with Crippen LogP contribution >= 0.6 is 0 Å². The highest BCUT2D eigenvalue weighted by Gasteiger charge is 2.14. The summed E-state index contributed by atoms with van der Waals surface area (Å²) in [5, 5.41) is 18.1. The Morgan fingerprint density at radius 2 is 2.17 bits per heavy atom. The fourth-order valence-electron chi connectivity index (χ4n) is 2.01. The molecular formula is C13H19N3O2. The van der Waals surface area contributed by atoms with E-state index in [-0.39, 0.29) is 17.8 Å². The molecule has 1 aliphatic rings. The molecule has 1 aromatic rings. The van der Waals surface area contributed by atoms with Crippen LogP contribution in [0, 0.1) is 0 Å². The van der Waals surface area contributed by atoms with Gasteiger partial charge in [0.25, 0.3) is 0 Å². The first-order valence-electron chi connectivity index (χ1n) is 6.27. The lowest BCUT2D eigenvalue weighted by Gasteiger charge is -2.23. The molecule has 0 bridgehead atoms. The van der Waals surface area contributed by atoms with Crippen molar-refractivity contribution in [3.8, 4) is 5.75 Å². The van der Waals surface area contributed by atoms with Crippen LogP contribution < -0.4 is 16.0 Å². The van der Waals surface area contributed by atoms with Gasteiger partial charge in [-0.25, -0.2) is 4.79 Å². The highest BCUT2D eigenvalue weighted by Crippen LogP contribution is 2.09. The molecule has 0 spiro atoms. The zero-order chi connectivity index (χ0) is 12.8. The molecule has 1 fully saturated rings. The number of aromatic hydroxyl groups is 1. The van der Waals surface area contributed by atoms with Gasteiger partial charge in [0, 0.05) is 19.1 Å². The quantitative estimate of drug-likeness (QED) is 0.644. The zero-order valence-electron chi connectivity index (χ0n) is 10.3. The van der Waals surface area contributed by atoms with Gasteiger partial charge in [-0.1, -0.05) is 12.1 Å². The number of nitrogens with one attached hydrogen (secondary N) is 3. The van der Waals surface area contributed by atoms with Gasteiger partial charge in [0.15, 0.2) is 0 Å². The first kappa shape index (κ1) is 12.7. The standard InChI is InChI=1S/C13H19N3O2/c17-12-5-3-10(4-6-12)8-15-13(18)16-11-2-1-7-14-9-11/h3-6,11,14,17H,1-2,7-9H2,(H2,15,16,18). The molecule has 98 valence electrons. The smallest absolute Gasteiger partial charge is 0.315 e. The molecule has 0 aromatic heterocycles. The average Bonchev–Trinajstić information content (AvgIpc) is 2.39. The second kappa shape index (κ2) is 6.26. The Morgan fingerprint density at radius 3 is 2.83 bits per heavy atom. The Kier molecular flexibility index (Phi) is 4.41. The van der Waals surface area contributed by atoms with Crippen LogP contribution in [0.5, 0.6) is 5.75 Å². The molecule has 1 aliphatic heterocycles. The number of piperidine rings is 1. The average molecular weight is 249 g/mol. The molecule has 0 aliphatic carbocycles. The lowest BCUT2D eigenvalue weighted by Crippen LogP contribution is -2.48. The van der Waals surface area contributed by atoms with Crippen molar-refractivity contribution in [2.75, 3.05) is 13.1 Å². The van der Waals surface area contributed by atoms with E-state index >= 15 is 0 Å². The summed E-state index contributed by atoms with van der Waals surface area (Å²) in [6, 6.07) is 6.88. The van der Waals surface area contributed by atoms with Crippen molar-refractivity contribution in [2.45, 2.75) is 25.4 Å². The second-order valence-corrected chi connectivity index (χ2v) is 4.54. The summed E-state index contributed by atoms with van der Waals surface area (Å²) in [6.07, 6.45) is 2.13. The Bertz CT molecular complexity index is 386. The van der Waals surface area contributed by atoms with E-state index in [0.717, 1.165) is 31.5 Å². The first-order valence-corrected chi connectivity index (χ1v) is 6.27. The third-order valence-electron chi connectivity index (χ3n) is 3.02. The number of phenolic OH excluding ortho intramolecular Hbond substituents is 1. The minimum Gasteiger partial charge on any atom is -0.508 e. The van der Waals surface area contributed by atoms with Crippen molar-refractivity contribution in [1.29, 1.82) is 0 Å². The number of hydrogen-bond donors (Lipinski definition) is 4. The molecule has 1 unspecified atom stereocenters. The van der Waals surface area contributed by atoms with Crippen LogP contribution in [0.25, 0.3) is 0 Å². The summed E-state index contributed by atoms with van der Waals surface area (Å²) in [7, 11) is 0. The van der Waals surface area contributed by atoms with Gasteiger partial charge in [-0.3, -0.25) is 0 Å². The van der Waals surface area contributed by atoms with Crippen LogP contribution in [0.2, 0.25) is 0 Å². The normalized spacial score (nSPS) is 19.2. The fourth-order valence-corrected chi connectivity index (χ4v) is 2.01. The number of hydrogen-bond acceptors (Lipinski definition) is 3. The van der Waals surface area contributed by atoms with Gasteiger partial charge < -0.3 is 21.1 Å². The number of benzene rings is 1. The van der Waals surface area contributed by atoms with Gasteiger partial charge >= 0.3 is 6.03 Å². The van der Waals surface area contributed by atoms with Gasteiger partial charge in [-0.15, -0.1) is 0 Å². The zero-order valence-corrected chi connectivity index (χ0v) is 10.3. The first-order chi connectivity index (χ1) is 8.74. The van der Waals surface area contributed by atoms with Crippen molar-refractivity contribution >= 4 is 6.03 Å². The lowest BCUT2D eigenvalue weighted by atomic mass is 10.1. The van der Waals surface area contributed by atoms with Crippen LogP contribution in [-0.4, -0.2) is 30.3 Å². The minimum absolute atomic E-state index is 0.142. The third-order valence-corrected chi connectivity index (χ3v) is 3.02. The minimum atomic E-state index is -0.142. The topological polar surface area (TPSA) is 73.4 Å². The van der Waals surface area contributed by atoms with E-state index in [1.54, 1.807) is 24.3 Å². The third kappa shape index (κ3) is 3.92. The fraction of sp³-hybridized carbons (Fsp3) is 0.462. The van der Waals surface area contributed by atoms with Gasteiger partial charge in [0.1, 0.15) is 5.75 Å². The lowest BCUT2D eigenvalue weighted by molar-refractivity contribution is 0.233. The van der Waals surface area contributed by atoms with Gasteiger partial charge in [-0.2, -0.15) is 0 Å². The Morgan fingerprint density at radius 1 is 1.39 bits per heavy atom. The van der Waals surface area contributed by atoms with Crippen LogP contribution in [0.4, 0.5) is 4.79 Å². The van der Waals surface area contributed by atoms with Crippen LogP contribution in [0.1, 0.15) is 18.4 Å². The van der Waals surface area contributed by atoms with Gasteiger partial charge in [0.05, 0.1) is 0 Å². The molecule has 2 amide bonds. The van der Waals surface area contributed by atoms with Crippen molar-refractivity contribution in [3.63, 3.8) is 0 Å². The number of amides is 2. The molecule has 0 saturated carbocycles. The van der Waals surface area contributed by atoms with E-state index in [0.29, 0.717) is 6.54 Å². The number of urea groups is 1.